The maximum atomic E-state index is 14.2. The van der Waals surface area contributed by atoms with E-state index in [0.29, 0.717) is 41.8 Å². The van der Waals surface area contributed by atoms with Gasteiger partial charge in [0.05, 0.1) is 11.3 Å². The van der Waals surface area contributed by atoms with Crippen LogP contribution >= 0.6 is 62.1 Å². The second kappa shape index (κ2) is 15.6. The molecule has 0 spiro atoms. The number of rotatable bonds is 4. The minimum atomic E-state index is -3.22. The molecule has 2 heterocycles. The molecule has 5 aromatic rings. The summed E-state index contributed by atoms with van der Waals surface area (Å²) in [6, 6.07) is 15.6. The third kappa shape index (κ3) is 9.03. The van der Waals surface area contributed by atoms with Crippen molar-refractivity contribution in [1.82, 2.24) is 19.9 Å². The van der Waals surface area contributed by atoms with E-state index in [1.54, 1.807) is 7.05 Å². The van der Waals surface area contributed by atoms with Gasteiger partial charge in [-0.15, -0.1) is 0 Å². The number of aromatic amines is 2. The van der Waals surface area contributed by atoms with E-state index in [4.69, 9.17) is 145 Å². The minimum Gasteiger partial charge on any atom is -0.388 e. The van der Waals surface area contributed by atoms with Gasteiger partial charge in [-0.2, -0.15) is 0 Å². The fraction of sp³-hybridized carbons (Fsp3) is 0.188. The van der Waals surface area contributed by atoms with Crippen LogP contribution in [-0.4, -0.2) is 34.0 Å². The van der Waals surface area contributed by atoms with Gasteiger partial charge in [0.1, 0.15) is 16.8 Å². The molecule has 0 unspecified atom stereocenters. The van der Waals surface area contributed by atoms with Gasteiger partial charge in [-0.3, -0.25) is 14.3 Å². The van der Waals surface area contributed by atoms with E-state index >= 15 is 0 Å². The molecule has 0 fully saturated rings. The van der Waals surface area contributed by atoms with Crippen molar-refractivity contribution in [3.05, 3.63) is 126 Å². The summed E-state index contributed by atoms with van der Waals surface area (Å²) in [5, 5.41) is 0.120. The van der Waals surface area contributed by atoms with Crippen LogP contribution in [0.1, 0.15) is 159 Å². The molecule has 2 aromatic heterocycles. The fourth-order valence-corrected chi connectivity index (χ4v) is 6.25. The Morgan fingerprint density at radius 1 is 0.939 bits per heavy atom. The fourth-order valence-electron chi connectivity index (χ4n) is 5.73. The molecule has 2 aliphatic rings. The minimum absolute atomic E-state index is 0. The van der Waals surface area contributed by atoms with Crippen molar-refractivity contribution < 1.29 is 137 Å². The van der Waals surface area contributed by atoms with Crippen molar-refractivity contribution in [3.8, 4) is 22.3 Å². The molecule has 0 aliphatic heterocycles. The first-order valence-corrected chi connectivity index (χ1v) is 19.2. The molecule has 3 aromatic carbocycles. The van der Waals surface area contributed by atoms with Crippen molar-refractivity contribution in [2.75, 3.05) is 24.3 Å². The maximum absolute atomic E-state index is 14.2. The van der Waals surface area contributed by atoms with Gasteiger partial charge >= 0.3 is 10.9 Å². The van der Waals surface area contributed by atoms with Crippen molar-refractivity contribution >= 4 is 73.5 Å². The molecule has 9 nitrogen and oxygen atoms in total. The van der Waals surface area contributed by atoms with Crippen LogP contribution < -0.4 is 21.5 Å². The number of H-pyrrole nitrogens is 2. The third-order valence-corrected chi connectivity index (χ3v) is 7.96. The van der Waals surface area contributed by atoms with Crippen LogP contribution in [0.25, 0.3) is 22.3 Å². The summed E-state index contributed by atoms with van der Waals surface area (Å²) in [5.41, 5.74) is 6.90. The van der Waals surface area contributed by atoms with Crippen LogP contribution in [-0.2, 0) is 24.0 Å². The number of nitrogens with zero attached hydrogens (tertiary/aromatic N) is 3. The van der Waals surface area contributed by atoms with Crippen LogP contribution in [0.15, 0.2) is 64.2 Å². The second-order valence-electron chi connectivity index (χ2n) is 10.6. The molecule has 0 saturated carbocycles. The summed E-state index contributed by atoms with van der Waals surface area (Å²) in [5.74, 6) is -0.732. The molecule has 7 rings (SSSR count). The van der Waals surface area contributed by atoms with Crippen molar-refractivity contribution in [3.63, 3.8) is 0 Å². The summed E-state index contributed by atoms with van der Waals surface area (Å²) < 4.78 is 447. The maximum Gasteiger partial charge on any atom is 0.339 e. The summed E-state index contributed by atoms with van der Waals surface area (Å²) in [6.45, 7) is 0.611. The number of halogens is 7. The number of hydrogen-bond donors (Lipinski definition) is 3. The molecule has 17 heteroatoms. The summed E-state index contributed by atoms with van der Waals surface area (Å²) in [7, 11) is 3.64. The highest BCUT2D eigenvalue weighted by atomic mass is 36.0. The Hall–Kier alpha value is -3.44. The molecular weight excluding hydrogens is 763 g/mol. The molecule has 342 valence electrons. The summed E-state index contributed by atoms with van der Waals surface area (Å²) in [6.07, 6.45) is 0.974. The van der Waals surface area contributed by atoms with E-state index in [-0.39, 0.29) is 25.1 Å². The molecule has 2 aliphatic carbocycles. The highest BCUT2D eigenvalue weighted by molar-refractivity contribution is 8.24. The van der Waals surface area contributed by atoms with Crippen LogP contribution in [0.3, 0.4) is 0 Å². The predicted octanol–water partition coefficient (Wildman–Crippen LogP) is 19.7. The van der Waals surface area contributed by atoms with Gasteiger partial charge in [0, 0.05) is 179 Å². The van der Waals surface area contributed by atoms with Crippen LogP contribution in [0.5, 0.6) is 0 Å². The number of benzene rings is 3. The summed E-state index contributed by atoms with van der Waals surface area (Å²) in [4.78, 5) is 38.6. The van der Waals surface area contributed by atoms with Crippen LogP contribution in [0, 0.1) is 11.6 Å². The average Bonchev–Trinajstić information content (AvgIpc) is 1.61. The van der Waals surface area contributed by atoms with E-state index in [0.717, 1.165) is 39.3 Å². The SMILES string of the molecule is C.CN(Cc1ccccc1)c1cc(F)cc2c1Cc1[nH]c(=O)[nH]c(=O)c1-2.CNc1cc(F)cc2c1Cc1nc(Cl)nc(Cl)c1-2.O=P(Cl)(Cl)Cl.[2HH].[2H][2H].[2H][2H].[2H][2H].[2H][2H].[2H][2H].[2H][2H].[2H][2H].[2H][2H].[2H][2H].[2H][2H].[2H][2H].[2H][2H].[2H][2H].[2H][2H].[2H][2H].[2H][2H].[2H][2H].[2H][2H].[2H][2H].[2H][2H].[2H][2H].[2H][2H].[2H][2H].[2H][2H].[2H][2H].[2H][2H].[2H][2H].[2H][2H].[2H][2H].[2H][2H].[2H][2H].[2H][2H].[2H][2H].[2H][2H].[2H][2H].[2H][2H].[2H][2H].[2H][2H].[2H][2H].[2H][2H].[2H][2H]. The topological polar surface area (TPSA) is 124 Å². The highest BCUT2D eigenvalue weighted by Gasteiger charge is 2.28. The Morgan fingerprint density at radius 2 is 1.55 bits per heavy atom. The summed E-state index contributed by atoms with van der Waals surface area (Å²) >= 11 is 25.7. The second-order valence-corrected chi connectivity index (χ2v) is 18.0. The van der Waals surface area contributed by atoms with Crippen LogP contribution in [0.4, 0.5) is 20.2 Å². The number of fused-ring (bicyclic) bond motifs is 6. The van der Waals surface area contributed by atoms with Gasteiger partial charge in [-0.05, 0) is 97.4 Å². The Kier molecular flexibility index (Phi) is 3.60. The Balaban J connectivity index is -0.0000000197. The average molecular weight is 959 g/mol. The standard InChI is InChI=1S/C19H16FN3O2.C12H8Cl2FN3.CH4.Cl3OP.42H2/c1-23(10-11-5-3-2-4-6-11)16-8-12(20)7-14-13(16)9-15-17(14)18(24)22-19(25)21-15;1-16-8-3-5(15)2-7-6(8)4-9-10(7)11(13)18-12(14)17-9;;1-5(2,3)4;;;;;;;;;;;;;;;;;;;;;;;;;;;;;;;;;;;;;;;;;;/h2-8H,9-10H2,1H3,(H2,21,22,24,25);2-3,16H,4H2,1H3;1H4;;42*1H/i;;;;41*1+1D;1+1. The first-order valence-electron chi connectivity index (χ1n) is 55.0. The highest BCUT2D eigenvalue weighted by Crippen LogP contribution is 2.61. The van der Waals surface area contributed by atoms with Gasteiger partial charge in [-0.1, -0.05) is 49.4 Å². The van der Waals surface area contributed by atoms with Gasteiger partial charge in [0.25, 0.3) is 5.56 Å². The zero-order valence-electron chi connectivity index (χ0n) is 107. The van der Waals surface area contributed by atoms with Gasteiger partial charge in [0.2, 0.25) is 5.28 Å². The Morgan fingerprint density at radius 3 is 2.18 bits per heavy atom. The van der Waals surface area contributed by atoms with Crippen LogP contribution in [0.2, 0.25) is 10.4 Å². The van der Waals surface area contributed by atoms with Gasteiger partial charge < -0.3 is 15.2 Å². The molecule has 0 amide bonds. The number of nitrogens with one attached hydrogen (secondary N) is 3. The van der Waals surface area contributed by atoms with Crippen molar-refractivity contribution in [1.29, 1.82) is 0 Å². The molecular formula is C32H112Cl5F2N6O3P. The molecule has 0 saturated heterocycles. The van der Waals surface area contributed by atoms with Crippen molar-refractivity contribution in [2.24, 2.45) is 0 Å². The first-order chi connectivity index (χ1) is 63.6. The zero-order valence-corrected chi connectivity index (χ0v) is 29.7. The van der Waals surface area contributed by atoms with E-state index in [2.05, 4.69) is 59.0 Å². The quantitative estimate of drug-likeness (QED) is 0.0912. The predicted molar refractivity (Wildman–Crippen MR) is 285 cm³/mol. The molecule has 0 atom stereocenters. The number of aromatic nitrogens is 4. The molecule has 49 heavy (non-hydrogen) atoms. The van der Waals surface area contributed by atoms with E-state index in [9.17, 15) is 22.9 Å². The van der Waals surface area contributed by atoms with E-state index in [1.807, 2.05) is 42.3 Å². The lowest BCUT2D eigenvalue weighted by Crippen LogP contribution is -2.24. The van der Waals surface area contributed by atoms with Gasteiger partial charge in [0.15, 0.2) is 0 Å². The largest absolute Gasteiger partial charge is 0.388 e. The monoisotopic (exact) mass is 956 g/mol. The van der Waals surface area contributed by atoms with E-state index < -0.39 is 22.3 Å². The molecule has 0 radical (unpaired) electrons. The Labute approximate surface area is 432 Å². The Bertz CT molecular complexity index is 2320. The molecule has 0 bridgehead atoms. The van der Waals surface area contributed by atoms with Crippen molar-refractivity contribution in [2.45, 2.75) is 26.8 Å². The lowest BCUT2D eigenvalue weighted by molar-refractivity contribution is 0.600. The normalized spacial score (nSPS) is 18.5. The third-order valence-electron chi connectivity index (χ3n) is 7.52. The smallest absolute Gasteiger partial charge is 0.339 e. The van der Waals surface area contributed by atoms with E-state index in [1.165, 1.54) is 24.3 Å². The lowest BCUT2D eigenvalue weighted by Gasteiger charge is -2.22. The number of anilines is 2. The van der Waals surface area contributed by atoms with Gasteiger partial charge in [-0.25, -0.2) is 23.5 Å². The zero-order chi connectivity index (χ0) is 117. The first kappa shape index (κ1) is 11.3. The lowest BCUT2D eigenvalue weighted by atomic mass is 10.0. The number of hydrogen-bond acceptors (Lipinski definition) is 7. The molecule has 3 N–H and O–H groups in total.